The van der Waals surface area contributed by atoms with Crippen molar-refractivity contribution >= 4 is 22.7 Å². The summed E-state index contributed by atoms with van der Waals surface area (Å²) in [5.41, 5.74) is 5.01. The molecule has 3 aromatic carbocycles. The molecule has 30 heavy (non-hydrogen) atoms. The van der Waals surface area contributed by atoms with Gasteiger partial charge in [0, 0.05) is 11.8 Å². The molecular formula is C26H20O4. The van der Waals surface area contributed by atoms with Gasteiger partial charge in [-0.3, -0.25) is 0 Å². The molecule has 0 N–H and O–H groups in total. The van der Waals surface area contributed by atoms with Gasteiger partial charge in [-0.1, -0.05) is 66.7 Å². The fourth-order valence-electron chi connectivity index (χ4n) is 4.84. The van der Waals surface area contributed by atoms with Gasteiger partial charge in [0.25, 0.3) is 0 Å². The minimum absolute atomic E-state index is 0.349. The summed E-state index contributed by atoms with van der Waals surface area (Å²) in [6, 6.07) is 20.5. The van der Waals surface area contributed by atoms with Crippen molar-refractivity contribution in [1.82, 2.24) is 0 Å². The number of allylic oxidation sites excluding steroid dienone is 2. The summed E-state index contributed by atoms with van der Waals surface area (Å²) in [6.45, 7) is 0. The van der Waals surface area contributed by atoms with E-state index in [-0.39, 0.29) is 11.8 Å². The first-order valence-corrected chi connectivity index (χ1v) is 9.85. The third-order valence-electron chi connectivity index (χ3n) is 6.05. The van der Waals surface area contributed by atoms with Crippen LogP contribution in [0.5, 0.6) is 0 Å². The molecule has 3 aromatic rings. The minimum atomic E-state index is -0.493. The summed E-state index contributed by atoms with van der Waals surface area (Å²) < 4.78 is 10.1. The summed E-state index contributed by atoms with van der Waals surface area (Å²) in [6.07, 6.45) is 4.00. The standard InChI is InChI=1S/C26H20O4/c1-29-25(27)23-18-12-13-19(24(23)26(28)30-2)22-20(18)14-16-10-6-7-11-17(16)21(22)15-8-4-3-5-9-15/h3-14,18-19H,1-2H3. The Labute approximate surface area is 174 Å². The van der Waals surface area contributed by atoms with Gasteiger partial charge in [0.05, 0.1) is 25.4 Å². The average molecular weight is 396 g/mol. The van der Waals surface area contributed by atoms with Gasteiger partial charge in [-0.2, -0.15) is 0 Å². The van der Waals surface area contributed by atoms with Crippen molar-refractivity contribution in [3.8, 4) is 11.1 Å². The number of benzene rings is 3. The van der Waals surface area contributed by atoms with E-state index in [4.69, 9.17) is 9.47 Å². The maximum atomic E-state index is 12.8. The first-order valence-electron chi connectivity index (χ1n) is 9.85. The molecule has 4 nitrogen and oxygen atoms in total. The summed E-state index contributed by atoms with van der Waals surface area (Å²) in [7, 11) is 2.68. The van der Waals surface area contributed by atoms with Gasteiger partial charge < -0.3 is 9.47 Å². The lowest BCUT2D eigenvalue weighted by Crippen LogP contribution is -2.31. The average Bonchev–Trinajstić information content (AvgIpc) is 2.81. The van der Waals surface area contributed by atoms with Gasteiger partial charge in [0.15, 0.2) is 0 Å². The van der Waals surface area contributed by atoms with Crippen LogP contribution in [0.2, 0.25) is 0 Å². The molecule has 0 heterocycles. The maximum Gasteiger partial charge on any atom is 0.335 e. The largest absolute Gasteiger partial charge is 0.466 e. The van der Waals surface area contributed by atoms with Crippen LogP contribution in [0.3, 0.4) is 0 Å². The Hall–Kier alpha value is -3.66. The number of fused-ring (bicyclic) bond motifs is 1. The Morgan fingerprint density at radius 3 is 2.07 bits per heavy atom. The van der Waals surface area contributed by atoms with Crippen molar-refractivity contribution < 1.29 is 19.1 Å². The Bertz CT molecular complexity index is 1250. The van der Waals surface area contributed by atoms with Crippen LogP contribution in [0.1, 0.15) is 23.0 Å². The number of esters is 2. The van der Waals surface area contributed by atoms with Crippen LogP contribution in [0.25, 0.3) is 21.9 Å². The zero-order valence-corrected chi connectivity index (χ0v) is 16.7. The fourth-order valence-corrected chi connectivity index (χ4v) is 4.84. The molecule has 0 saturated heterocycles. The second-order valence-electron chi connectivity index (χ2n) is 7.49. The van der Waals surface area contributed by atoms with E-state index in [0.29, 0.717) is 11.1 Å². The van der Waals surface area contributed by atoms with Crippen LogP contribution in [0.4, 0.5) is 0 Å². The van der Waals surface area contributed by atoms with E-state index in [1.807, 2.05) is 42.5 Å². The van der Waals surface area contributed by atoms with Crippen molar-refractivity contribution in [2.24, 2.45) is 0 Å². The summed E-state index contributed by atoms with van der Waals surface area (Å²) in [5.74, 6) is -1.70. The zero-order chi connectivity index (χ0) is 20.8. The highest BCUT2D eigenvalue weighted by atomic mass is 16.5. The molecule has 0 saturated carbocycles. The molecule has 0 radical (unpaired) electrons. The maximum absolute atomic E-state index is 12.8. The molecule has 2 bridgehead atoms. The Morgan fingerprint density at radius 1 is 0.767 bits per heavy atom. The highest BCUT2D eigenvalue weighted by Crippen LogP contribution is 2.53. The highest BCUT2D eigenvalue weighted by Gasteiger charge is 2.44. The van der Waals surface area contributed by atoms with E-state index < -0.39 is 11.9 Å². The number of hydrogen-bond acceptors (Lipinski definition) is 4. The van der Waals surface area contributed by atoms with Crippen molar-refractivity contribution in [3.05, 3.63) is 95.1 Å². The van der Waals surface area contributed by atoms with Gasteiger partial charge >= 0.3 is 11.9 Å². The molecule has 148 valence electrons. The van der Waals surface area contributed by atoms with Crippen molar-refractivity contribution in [3.63, 3.8) is 0 Å². The molecule has 4 heteroatoms. The first kappa shape index (κ1) is 18.4. The summed E-state index contributed by atoms with van der Waals surface area (Å²) in [4.78, 5) is 25.5. The Balaban J connectivity index is 1.88. The van der Waals surface area contributed by atoms with E-state index in [1.165, 1.54) is 14.2 Å². The molecule has 6 rings (SSSR count). The van der Waals surface area contributed by atoms with Gasteiger partial charge in [-0.25, -0.2) is 9.59 Å². The molecule has 0 fully saturated rings. The van der Waals surface area contributed by atoms with Gasteiger partial charge in [-0.05, 0) is 39.1 Å². The number of carbonyl (C=O) groups excluding carboxylic acids is 2. The van der Waals surface area contributed by atoms with Crippen molar-refractivity contribution in [1.29, 1.82) is 0 Å². The van der Waals surface area contributed by atoms with Crippen LogP contribution in [-0.2, 0) is 19.1 Å². The van der Waals surface area contributed by atoms with Gasteiger partial charge in [-0.15, -0.1) is 0 Å². The van der Waals surface area contributed by atoms with Crippen LogP contribution in [0, 0.1) is 0 Å². The monoisotopic (exact) mass is 396 g/mol. The van der Waals surface area contributed by atoms with E-state index >= 15 is 0 Å². The van der Waals surface area contributed by atoms with Gasteiger partial charge in [0.1, 0.15) is 0 Å². The quantitative estimate of drug-likeness (QED) is 0.467. The highest BCUT2D eigenvalue weighted by molar-refractivity contribution is 6.08. The van der Waals surface area contributed by atoms with Crippen molar-refractivity contribution in [2.45, 2.75) is 11.8 Å². The van der Waals surface area contributed by atoms with Gasteiger partial charge in [0.2, 0.25) is 0 Å². The number of ether oxygens (including phenoxy) is 2. The van der Waals surface area contributed by atoms with Crippen molar-refractivity contribution in [2.75, 3.05) is 14.2 Å². The van der Waals surface area contributed by atoms with Crippen LogP contribution in [-0.4, -0.2) is 26.2 Å². The summed E-state index contributed by atoms with van der Waals surface area (Å²) >= 11 is 0. The smallest absolute Gasteiger partial charge is 0.335 e. The van der Waals surface area contributed by atoms with E-state index in [1.54, 1.807) is 0 Å². The normalized spacial score (nSPS) is 19.0. The van der Waals surface area contributed by atoms with Crippen LogP contribution in [0.15, 0.2) is 84.0 Å². The lowest BCUT2D eigenvalue weighted by molar-refractivity contribution is -0.139. The summed E-state index contributed by atoms with van der Waals surface area (Å²) in [5, 5.41) is 2.21. The molecule has 0 amide bonds. The third kappa shape index (κ3) is 2.53. The molecule has 0 aliphatic heterocycles. The number of carbonyl (C=O) groups is 2. The second kappa shape index (κ2) is 6.99. The molecule has 3 aliphatic rings. The molecule has 0 spiro atoms. The molecule has 0 aromatic heterocycles. The number of methoxy groups -OCH3 is 2. The zero-order valence-electron chi connectivity index (χ0n) is 16.7. The number of hydrogen-bond donors (Lipinski definition) is 0. The third-order valence-corrected chi connectivity index (χ3v) is 6.05. The molecule has 2 unspecified atom stereocenters. The fraction of sp³-hybridized carbons (Fsp3) is 0.154. The van der Waals surface area contributed by atoms with E-state index in [0.717, 1.165) is 33.0 Å². The topological polar surface area (TPSA) is 52.6 Å². The first-order chi connectivity index (χ1) is 14.7. The Morgan fingerprint density at radius 2 is 1.37 bits per heavy atom. The van der Waals surface area contributed by atoms with Crippen LogP contribution >= 0.6 is 0 Å². The second-order valence-corrected chi connectivity index (χ2v) is 7.49. The van der Waals surface area contributed by atoms with E-state index in [2.05, 4.69) is 30.3 Å². The van der Waals surface area contributed by atoms with Crippen LogP contribution < -0.4 is 0 Å². The lowest BCUT2D eigenvalue weighted by Gasteiger charge is -2.37. The van der Waals surface area contributed by atoms with E-state index in [9.17, 15) is 9.59 Å². The Kier molecular flexibility index (Phi) is 4.28. The lowest BCUT2D eigenvalue weighted by atomic mass is 9.65. The molecular weight excluding hydrogens is 376 g/mol. The predicted octanol–water partition coefficient (Wildman–Crippen LogP) is 4.90. The predicted molar refractivity (Wildman–Crippen MR) is 115 cm³/mol. The number of rotatable bonds is 3. The molecule has 3 aliphatic carbocycles. The molecule has 2 atom stereocenters. The minimum Gasteiger partial charge on any atom is -0.466 e. The SMILES string of the molecule is COC(=O)C1=C(C(=O)OC)C2C=CC1c1cc3ccccc3c(-c3ccccc3)c12.